The van der Waals surface area contributed by atoms with Gasteiger partial charge in [0.25, 0.3) is 0 Å². The molecular weight excluding hydrogens is 156 g/mol. The number of hydrogen-bond acceptors (Lipinski definition) is 0. The van der Waals surface area contributed by atoms with Gasteiger partial charge in [-0.25, -0.2) is 0 Å². The minimum Gasteiger partial charge on any atom is -0.321 e. The standard InChI is InChI=1S/C3H6P.Y/c1-2-4-3-1;/h1,4H,2-3H2;/q-1;. The smallest absolute Gasteiger partial charge is 0 e. The molecule has 5 heavy (non-hydrogen) atoms. The Balaban J connectivity index is 0.000000160. The fourth-order valence-corrected chi connectivity index (χ4v) is 0.433. The fraction of sp³-hybridized carbons (Fsp3) is 0.667. The molecule has 0 N–H and O–H groups in total. The molecule has 0 atom stereocenters. The van der Waals surface area contributed by atoms with E-state index in [1.807, 2.05) is 0 Å². The Hall–Kier alpha value is 1.53. The molecule has 1 aliphatic rings. The molecule has 2 heteroatoms. The van der Waals surface area contributed by atoms with E-state index in [9.17, 15) is 0 Å². The van der Waals surface area contributed by atoms with Gasteiger partial charge in [0.2, 0.25) is 0 Å². The van der Waals surface area contributed by atoms with Crippen LogP contribution in [0.2, 0.25) is 0 Å². The molecular formula is C3H6PY-. The molecule has 0 aromatic heterocycles. The molecule has 27 valence electrons. The first-order chi connectivity index (χ1) is 2.00. The molecule has 1 aliphatic heterocycles. The van der Waals surface area contributed by atoms with E-state index < -0.39 is 0 Å². The van der Waals surface area contributed by atoms with Crippen LogP contribution in [-0.2, 0) is 32.7 Å². The summed E-state index contributed by atoms with van der Waals surface area (Å²) in [5.74, 6) is 0. The topological polar surface area (TPSA) is 0 Å². The molecule has 0 aromatic rings. The first-order valence-corrected chi connectivity index (χ1v) is 2.94. The van der Waals surface area contributed by atoms with Crippen molar-refractivity contribution in [3.63, 3.8) is 0 Å². The van der Waals surface area contributed by atoms with E-state index in [0.29, 0.717) is 0 Å². The molecule has 0 amide bonds. The summed E-state index contributed by atoms with van der Waals surface area (Å²) in [5, 5.41) is 0. The summed E-state index contributed by atoms with van der Waals surface area (Å²) in [4.78, 5) is 0. The molecule has 0 saturated carbocycles. The van der Waals surface area contributed by atoms with Crippen LogP contribution in [0.15, 0.2) is 0 Å². The Morgan fingerprint density at radius 3 is 1.60 bits per heavy atom. The molecule has 1 heterocycles. The van der Waals surface area contributed by atoms with Crippen molar-refractivity contribution in [3.05, 3.63) is 6.42 Å². The van der Waals surface area contributed by atoms with Crippen LogP contribution in [0, 0.1) is 6.42 Å². The van der Waals surface area contributed by atoms with Crippen LogP contribution >= 0.6 is 8.58 Å². The predicted molar refractivity (Wildman–Crippen MR) is 22.3 cm³/mol. The molecule has 1 saturated heterocycles. The third-order valence-corrected chi connectivity index (χ3v) is 1.73. The van der Waals surface area contributed by atoms with Crippen LogP contribution in [0.1, 0.15) is 0 Å². The van der Waals surface area contributed by atoms with E-state index in [0.717, 1.165) is 0 Å². The van der Waals surface area contributed by atoms with Crippen molar-refractivity contribution in [2.75, 3.05) is 12.3 Å². The average Bonchev–Trinajstić information content (AvgIpc) is 0.722. The summed E-state index contributed by atoms with van der Waals surface area (Å²) in [7, 11) is 1.27. The normalized spacial score (nSPS) is 19.2. The summed E-state index contributed by atoms with van der Waals surface area (Å²) in [5.41, 5.74) is 0. The van der Waals surface area contributed by atoms with Crippen LogP contribution in [0.25, 0.3) is 0 Å². The Bertz CT molecular complexity index is 14.9. The van der Waals surface area contributed by atoms with Gasteiger partial charge in [0.15, 0.2) is 0 Å². The second-order valence-corrected chi connectivity index (χ2v) is 2.26. The van der Waals surface area contributed by atoms with E-state index >= 15 is 0 Å². The summed E-state index contributed by atoms with van der Waals surface area (Å²) >= 11 is 0. The van der Waals surface area contributed by atoms with E-state index in [2.05, 4.69) is 6.42 Å². The average molecular weight is 162 g/mol. The van der Waals surface area contributed by atoms with Gasteiger partial charge in [-0.15, -0.1) is 0 Å². The SMILES string of the molecule is [CH-]1CPC1.[Y]. The molecule has 0 nitrogen and oxygen atoms in total. The third-order valence-electron chi connectivity index (χ3n) is 0.577. The summed E-state index contributed by atoms with van der Waals surface area (Å²) in [6, 6.07) is 0. The van der Waals surface area contributed by atoms with E-state index in [1.165, 1.54) is 20.9 Å². The zero-order valence-electron chi connectivity index (χ0n) is 3.07. The van der Waals surface area contributed by atoms with E-state index in [-0.39, 0.29) is 32.7 Å². The molecule has 1 rings (SSSR count). The minimum absolute atomic E-state index is 0. The largest absolute Gasteiger partial charge is 0.321 e. The molecule has 0 aliphatic carbocycles. The summed E-state index contributed by atoms with van der Waals surface area (Å²) < 4.78 is 0. The molecule has 0 bridgehead atoms. The van der Waals surface area contributed by atoms with Crippen molar-refractivity contribution >= 4 is 8.58 Å². The van der Waals surface area contributed by atoms with Gasteiger partial charge < -0.3 is 6.42 Å². The quantitative estimate of drug-likeness (QED) is 0.366. The van der Waals surface area contributed by atoms with Gasteiger partial charge in [-0.2, -0.15) is 20.9 Å². The Kier molecular flexibility index (Phi) is 4.85. The monoisotopic (exact) mass is 162 g/mol. The maximum atomic E-state index is 2.32. The number of rotatable bonds is 0. The van der Waals surface area contributed by atoms with Gasteiger partial charge in [-0.05, 0) is 0 Å². The van der Waals surface area contributed by atoms with Crippen molar-refractivity contribution in [2.24, 2.45) is 0 Å². The van der Waals surface area contributed by atoms with Crippen molar-refractivity contribution < 1.29 is 32.7 Å². The van der Waals surface area contributed by atoms with Gasteiger partial charge in [0, 0.05) is 32.7 Å². The van der Waals surface area contributed by atoms with Gasteiger partial charge in [0.1, 0.15) is 0 Å². The van der Waals surface area contributed by atoms with Gasteiger partial charge in [-0.3, -0.25) is 0 Å². The van der Waals surface area contributed by atoms with Crippen LogP contribution in [0.3, 0.4) is 0 Å². The molecule has 1 radical (unpaired) electrons. The summed E-state index contributed by atoms with van der Waals surface area (Å²) in [6.45, 7) is 0. The van der Waals surface area contributed by atoms with Crippen molar-refractivity contribution in [1.29, 1.82) is 0 Å². The predicted octanol–water partition coefficient (Wildman–Crippen LogP) is 0.880. The number of hydrogen-bond donors (Lipinski definition) is 0. The Morgan fingerprint density at radius 1 is 1.40 bits per heavy atom. The maximum Gasteiger partial charge on any atom is 0 e. The van der Waals surface area contributed by atoms with Crippen LogP contribution in [-0.4, -0.2) is 12.3 Å². The fourth-order valence-electron chi connectivity index (χ4n) is 0.144. The zero-order chi connectivity index (χ0) is 2.83. The van der Waals surface area contributed by atoms with Gasteiger partial charge in [0.05, 0.1) is 0 Å². The van der Waals surface area contributed by atoms with Crippen LogP contribution in [0.4, 0.5) is 0 Å². The van der Waals surface area contributed by atoms with Crippen LogP contribution in [0.5, 0.6) is 0 Å². The van der Waals surface area contributed by atoms with E-state index in [1.54, 1.807) is 0 Å². The first-order valence-electron chi connectivity index (χ1n) is 1.52. The van der Waals surface area contributed by atoms with Crippen LogP contribution < -0.4 is 0 Å². The molecule has 0 unspecified atom stereocenters. The Morgan fingerprint density at radius 2 is 1.60 bits per heavy atom. The second kappa shape index (κ2) is 3.71. The molecule has 1 fully saturated rings. The van der Waals surface area contributed by atoms with Crippen molar-refractivity contribution in [3.8, 4) is 0 Å². The molecule has 0 aromatic carbocycles. The Labute approximate surface area is 59.8 Å². The first kappa shape index (κ1) is 6.53. The maximum absolute atomic E-state index is 2.32. The van der Waals surface area contributed by atoms with Gasteiger partial charge >= 0.3 is 0 Å². The second-order valence-electron chi connectivity index (χ2n) is 0.947. The third kappa shape index (κ3) is 2.26. The summed E-state index contributed by atoms with van der Waals surface area (Å²) in [6.07, 6.45) is 5.12. The van der Waals surface area contributed by atoms with Crippen molar-refractivity contribution in [2.45, 2.75) is 0 Å². The zero-order valence-corrected chi connectivity index (χ0v) is 6.91. The van der Waals surface area contributed by atoms with E-state index in [4.69, 9.17) is 0 Å². The van der Waals surface area contributed by atoms with Gasteiger partial charge in [-0.1, -0.05) is 0 Å². The minimum atomic E-state index is 0. The molecule has 0 spiro atoms. The van der Waals surface area contributed by atoms with Crippen molar-refractivity contribution in [1.82, 2.24) is 0 Å².